The van der Waals surface area contributed by atoms with E-state index in [1.54, 1.807) is 0 Å². The fourth-order valence-corrected chi connectivity index (χ4v) is 2.67. The molecule has 0 amide bonds. The molecule has 1 saturated heterocycles. The molecule has 1 unspecified atom stereocenters. The molecule has 1 aliphatic rings. The lowest BCUT2D eigenvalue weighted by atomic mass is 9.86. The van der Waals surface area contributed by atoms with Gasteiger partial charge in [-0.05, 0) is 70.9 Å². The van der Waals surface area contributed by atoms with Gasteiger partial charge in [-0.2, -0.15) is 5.26 Å². The van der Waals surface area contributed by atoms with Crippen LogP contribution in [0.3, 0.4) is 0 Å². The van der Waals surface area contributed by atoms with Crippen LogP contribution in [-0.2, 0) is 5.41 Å². The molecule has 1 heterocycles. The van der Waals surface area contributed by atoms with E-state index in [1.165, 1.54) is 25.8 Å². The minimum Gasteiger partial charge on any atom is -0.382 e. The predicted molar refractivity (Wildman–Crippen MR) is 83.8 cm³/mol. The summed E-state index contributed by atoms with van der Waals surface area (Å²) in [5.41, 5.74) is 1.83. The van der Waals surface area contributed by atoms with Gasteiger partial charge in [0.1, 0.15) is 0 Å². The van der Waals surface area contributed by atoms with Gasteiger partial charge in [0.2, 0.25) is 0 Å². The second-order valence-electron chi connectivity index (χ2n) is 6.39. The Kier molecular flexibility index (Phi) is 4.67. The molecular weight excluding hydrogens is 246 g/mol. The molecule has 0 bridgehead atoms. The van der Waals surface area contributed by atoms with Crippen molar-refractivity contribution < 1.29 is 0 Å². The van der Waals surface area contributed by atoms with Gasteiger partial charge in [-0.25, -0.2) is 0 Å². The summed E-state index contributed by atoms with van der Waals surface area (Å²) >= 11 is 0. The summed E-state index contributed by atoms with van der Waals surface area (Å²) in [6.07, 6.45) is 3.69. The summed E-state index contributed by atoms with van der Waals surface area (Å²) in [5, 5.41) is 12.8. The van der Waals surface area contributed by atoms with Gasteiger partial charge >= 0.3 is 0 Å². The molecule has 20 heavy (non-hydrogen) atoms. The Hall–Kier alpha value is -1.53. The molecule has 2 rings (SSSR count). The van der Waals surface area contributed by atoms with Crippen LogP contribution in [0.4, 0.5) is 5.69 Å². The van der Waals surface area contributed by atoms with Gasteiger partial charge in [-0.3, -0.25) is 0 Å². The van der Waals surface area contributed by atoms with Crippen molar-refractivity contribution in [3.8, 4) is 6.07 Å². The van der Waals surface area contributed by atoms with Crippen molar-refractivity contribution in [2.45, 2.75) is 44.6 Å². The van der Waals surface area contributed by atoms with Gasteiger partial charge in [0.05, 0.1) is 11.5 Å². The van der Waals surface area contributed by atoms with Crippen molar-refractivity contribution in [2.75, 3.05) is 25.5 Å². The van der Waals surface area contributed by atoms with E-state index in [9.17, 15) is 0 Å². The second-order valence-corrected chi connectivity index (χ2v) is 6.39. The molecule has 0 aromatic heterocycles. The largest absolute Gasteiger partial charge is 0.382 e. The van der Waals surface area contributed by atoms with Gasteiger partial charge in [0, 0.05) is 11.7 Å². The average Bonchev–Trinajstić information content (AvgIpc) is 2.64. The van der Waals surface area contributed by atoms with Crippen LogP contribution in [-0.4, -0.2) is 31.1 Å². The molecule has 0 saturated carbocycles. The third-order valence-electron chi connectivity index (χ3n) is 4.21. The lowest BCUT2D eigenvalue weighted by molar-refractivity contribution is 0.348. The maximum atomic E-state index is 9.16. The molecule has 1 aromatic rings. The summed E-state index contributed by atoms with van der Waals surface area (Å²) in [7, 11) is 2.20. The molecule has 108 valence electrons. The van der Waals surface area contributed by atoms with Crippen molar-refractivity contribution in [3.05, 3.63) is 29.8 Å². The lowest BCUT2D eigenvalue weighted by Gasteiger charge is -2.20. The summed E-state index contributed by atoms with van der Waals surface area (Å²) in [4.78, 5) is 2.40. The van der Waals surface area contributed by atoms with E-state index in [0.29, 0.717) is 6.04 Å². The monoisotopic (exact) mass is 271 g/mol. The molecule has 1 aromatic carbocycles. The van der Waals surface area contributed by atoms with E-state index in [2.05, 4.69) is 47.6 Å². The van der Waals surface area contributed by atoms with E-state index >= 15 is 0 Å². The molecule has 1 fully saturated rings. The summed E-state index contributed by atoms with van der Waals surface area (Å²) in [6, 6.07) is 11.2. The molecule has 1 atom stereocenters. The highest BCUT2D eigenvalue weighted by molar-refractivity contribution is 5.47. The summed E-state index contributed by atoms with van der Waals surface area (Å²) in [5.74, 6) is 0. The molecule has 0 spiro atoms. The first-order valence-corrected chi connectivity index (χ1v) is 7.48. The van der Waals surface area contributed by atoms with E-state index in [4.69, 9.17) is 5.26 Å². The van der Waals surface area contributed by atoms with E-state index in [0.717, 1.165) is 17.8 Å². The van der Waals surface area contributed by atoms with E-state index in [1.807, 2.05) is 13.8 Å². The highest BCUT2D eigenvalue weighted by Crippen LogP contribution is 2.24. The summed E-state index contributed by atoms with van der Waals surface area (Å²) in [6.45, 7) is 6.28. The number of benzene rings is 1. The smallest absolute Gasteiger partial charge is 0.0766 e. The van der Waals surface area contributed by atoms with Crippen LogP contribution in [0.5, 0.6) is 0 Å². The van der Waals surface area contributed by atoms with E-state index < -0.39 is 5.41 Å². The molecule has 3 nitrogen and oxygen atoms in total. The maximum Gasteiger partial charge on any atom is 0.0766 e. The van der Waals surface area contributed by atoms with Gasteiger partial charge in [-0.15, -0.1) is 0 Å². The zero-order valence-electron chi connectivity index (χ0n) is 12.8. The SMILES string of the molecule is CN1CCCC(Nc2ccc(C(C)(C)C#N)cc2)CC1. The number of hydrogen-bond donors (Lipinski definition) is 1. The molecular formula is C17H25N3. The lowest BCUT2D eigenvalue weighted by Crippen LogP contribution is -2.23. The van der Waals surface area contributed by atoms with E-state index in [-0.39, 0.29) is 0 Å². The Morgan fingerprint density at radius 3 is 2.55 bits per heavy atom. The molecule has 0 radical (unpaired) electrons. The second kappa shape index (κ2) is 6.28. The Bertz CT molecular complexity index is 470. The molecule has 0 aliphatic carbocycles. The van der Waals surface area contributed by atoms with Gasteiger partial charge in [0.15, 0.2) is 0 Å². The first-order chi connectivity index (χ1) is 9.51. The number of nitriles is 1. The minimum atomic E-state index is -0.413. The van der Waals surface area contributed by atoms with Crippen LogP contribution in [0.2, 0.25) is 0 Å². The van der Waals surface area contributed by atoms with Crippen molar-refractivity contribution in [3.63, 3.8) is 0 Å². The van der Waals surface area contributed by atoms with Crippen LogP contribution in [0.25, 0.3) is 0 Å². The minimum absolute atomic E-state index is 0.413. The summed E-state index contributed by atoms with van der Waals surface area (Å²) < 4.78 is 0. The average molecular weight is 271 g/mol. The number of rotatable bonds is 3. The number of anilines is 1. The normalized spacial score (nSPS) is 21.0. The van der Waals surface area contributed by atoms with Crippen molar-refractivity contribution in [1.82, 2.24) is 4.90 Å². The Morgan fingerprint density at radius 1 is 1.20 bits per heavy atom. The first kappa shape index (κ1) is 14.9. The topological polar surface area (TPSA) is 39.1 Å². The van der Waals surface area contributed by atoms with Crippen molar-refractivity contribution >= 4 is 5.69 Å². The van der Waals surface area contributed by atoms with Crippen LogP contribution in [0, 0.1) is 11.3 Å². The zero-order chi connectivity index (χ0) is 14.6. The van der Waals surface area contributed by atoms with Gasteiger partial charge in [0.25, 0.3) is 0 Å². The fraction of sp³-hybridized carbons (Fsp3) is 0.588. The number of hydrogen-bond acceptors (Lipinski definition) is 3. The predicted octanol–water partition coefficient (Wildman–Crippen LogP) is 3.38. The quantitative estimate of drug-likeness (QED) is 0.916. The fourth-order valence-electron chi connectivity index (χ4n) is 2.67. The van der Waals surface area contributed by atoms with Gasteiger partial charge < -0.3 is 10.2 Å². The Balaban J connectivity index is 1.99. The number of likely N-dealkylation sites (tertiary alicyclic amines) is 1. The van der Waals surface area contributed by atoms with Crippen LogP contribution in [0.15, 0.2) is 24.3 Å². The van der Waals surface area contributed by atoms with Crippen molar-refractivity contribution in [1.29, 1.82) is 5.26 Å². The highest BCUT2D eigenvalue weighted by atomic mass is 15.1. The Morgan fingerprint density at radius 2 is 1.90 bits per heavy atom. The van der Waals surface area contributed by atoms with Crippen LogP contribution in [0.1, 0.15) is 38.7 Å². The third kappa shape index (κ3) is 3.74. The zero-order valence-corrected chi connectivity index (χ0v) is 12.8. The third-order valence-corrected chi connectivity index (χ3v) is 4.21. The van der Waals surface area contributed by atoms with Crippen LogP contribution >= 0.6 is 0 Å². The van der Waals surface area contributed by atoms with Crippen LogP contribution < -0.4 is 5.32 Å². The van der Waals surface area contributed by atoms with Gasteiger partial charge in [-0.1, -0.05) is 12.1 Å². The molecule has 3 heteroatoms. The number of nitrogens with one attached hydrogen (secondary N) is 1. The maximum absolute atomic E-state index is 9.16. The Labute approximate surface area is 122 Å². The van der Waals surface area contributed by atoms with Crippen molar-refractivity contribution in [2.24, 2.45) is 0 Å². The highest BCUT2D eigenvalue weighted by Gasteiger charge is 2.19. The standard InChI is InChI=1S/C17H25N3/c1-17(2,13-18)14-6-8-16(9-7-14)19-15-5-4-11-20(3)12-10-15/h6-9,15,19H,4-5,10-12H2,1-3H3. The number of nitrogens with zero attached hydrogens (tertiary/aromatic N) is 2. The molecule has 1 aliphatic heterocycles. The molecule has 1 N–H and O–H groups in total. The first-order valence-electron chi connectivity index (χ1n) is 7.48.